The van der Waals surface area contributed by atoms with Gasteiger partial charge in [0.25, 0.3) is 0 Å². The van der Waals surface area contributed by atoms with Crippen LogP contribution in [0, 0.1) is 48.5 Å². The number of nitrogens with one attached hydrogen (secondary N) is 1. The summed E-state index contributed by atoms with van der Waals surface area (Å²) in [5.74, 6) is 1.20. The van der Waals surface area contributed by atoms with Crippen LogP contribution in [0.25, 0.3) is 43.6 Å². The van der Waals surface area contributed by atoms with Gasteiger partial charge in [0.15, 0.2) is 0 Å². The van der Waals surface area contributed by atoms with Crippen LogP contribution in [0.2, 0.25) is 0 Å². The Labute approximate surface area is 691 Å². The third kappa shape index (κ3) is 30.5. The fraction of sp³-hybridized carbons (Fsp3) is 0.157. The van der Waals surface area contributed by atoms with Crippen molar-refractivity contribution in [2.75, 3.05) is 0 Å². The zero-order chi connectivity index (χ0) is 74.7. The zero-order valence-electron chi connectivity index (χ0n) is 63.3. The summed E-state index contributed by atoms with van der Waals surface area (Å²) in [5.41, 5.74) is 17.9. The number of para-hydroxylation sites is 2. The molecule has 7 heteroatoms. The molecular weight excluding hydrogens is 1650 g/mol. The summed E-state index contributed by atoms with van der Waals surface area (Å²) < 4.78 is 2.32. The summed E-state index contributed by atoms with van der Waals surface area (Å²) in [7, 11) is 0. The summed E-state index contributed by atoms with van der Waals surface area (Å²) >= 11 is 0. The van der Waals surface area contributed by atoms with E-state index in [-0.39, 0.29) is 63.8 Å². The van der Waals surface area contributed by atoms with Crippen molar-refractivity contribution in [1.82, 2.24) is 9.88 Å². The number of nitrogens with zero attached hydrogens (tertiary/aromatic N) is 4. The first-order valence-corrected chi connectivity index (χ1v) is 37.6. The minimum Gasteiger partial charge on any atom is -0.674 e. The van der Waals surface area contributed by atoms with E-state index in [2.05, 4.69) is 216 Å². The summed E-state index contributed by atoms with van der Waals surface area (Å²) in [5, 5.41) is 16.9. The van der Waals surface area contributed by atoms with Crippen molar-refractivity contribution in [3.05, 3.63) is 490 Å². The minimum absolute atomic E-state index is 0. The number of aromatic nitrogens is 1. The van der Waals surface area contributed by atoms with Crippen LogP contribution in [0.5, 0.6) is 0 Å². The SMILES string of the molecule is [CH2-]c1ccccc1.[CH2-]c1ccccc1.[CH2-]c1ccccc1.[CH2-]c1ccccc1.[CH2-]c1ccccc1.[CH2-]c1ccccc1.[CH2-]c1ccccc1.[Hf+4].[Hf].c1ccc(CN=C(NC2CCCCC2)n2c3ccccc3c3ccccc32)cc1.c1ccc(C[N-]C([N-]C2CCCCC2)C2c3ccccc3-c3ccccc32)cc1. The molecule has 2 saturated carbocycles. The summed E-state index contributed by atoms with van der Waals surface area (Å²) in [4.78, 5) is 5.10. The van der Waals surface area contributed by atoms with E-state index < -0.39 is 0 Å². The minimum atomic E-state index is -0.0249. The molecule has 13 aromatic carbocycles. The molecule has 14 aromatic rings. The maximum absolute atomic E-state index is 5.36. The standard InChI is InChI=1S/C27H28N2.C26H27N3.7C7H7.2Hf/c1-3-11-20(12-4-1)19-28-27(29-21-13-5-2-6-14-21)26-24-17-9-7-15-22(24)23-16-8-10-18-25(23)26;1-3-11-20(12-4-1)19-27-26(28-21-13-5-2-6-14-21)29-24-17-9-7-15-22(24)23-16-8-10-18-25(23)29;7*1-7-5-3-2-4-6-7;;/h1,3-4,7-12,15-18,21,26-27H,2,5-6,13-14,19H2;1,3-4,7-12,15-18,21H,2,5-6,13-14,19H2,(H,27,28);7*2-6H,1H2;;/q-2;;7*-1;;+4. The molecule has 17 rings (SSSR count). The van der Waals surface area contributed by atoms with Crippen molar-refractivity contribution in [3.8, 4) is 11.1 Å². The van der Waals surface area contributed by atoms with E-state index in [0.717, 1.165) is 51.4 Å². The Morgan fingerprint density at radius 3 is 0.954 bits per heavy atom. The van der Waals surface area contributed by atoms with Crippen molar-refractivity contribution in [1.29, 1.82) is 0 Å². The largest absolute Gasteiger partial charge is 4.00 e. The molecule has 0 amide bonds. The fourth-order valence-electron chi connectivity index (χ4n) is 12.8. The van der Waals surface area contributed by atoms with Crippen LogP contribution in [-0.4, -0.2) is 28.8 Å². The first-order chi connectivity index (χ1) is 52.6. The van der Waals surface area contributed by atoms with E-state index in [1.54, 1.807) is 0 Å². The number of hydrogen-bond acceptors (Lipinski definition) is 1. The van der Waals surface area contributed by atoms with Crippen LogP contribution in [-0.2, 0) is 64.8 Å². The number of rotatable bonds is 9. The van der Waals surface area contributed by atoms with Crippen LogP contribution in [0.3, 0.4) is 0 Å². The van der Waals surface area contributed by atoms with E-state index in [1.165, 1.54) is 119 Å². The normalized spacial score (nSPS) is 12.8. The van der Waals surface area contributed by atoms with Crippen LogP contribution < -0.4 is 5.32 Å². The van der Waals surface area contributed by atoms with E-state index >= 15 is 0 Å². The molecule has 109 heavy (non-hydrogen) atoms. The van der Waals surface area contributed by atoms with Gasteiger partial charge in [-0.1, -0.05) is 245 Å². The quantitative estimate of drug-likeness (QED) is 0.0666. The Hall–Kier alpha value is -10.1. The number of aliphatic imine (C=N–C) groups is 1. The molecule has 2 fully saturated rings. The Balaban J connectivity index is 0.000000188. The predicted molar refractivity (Wildman–Crippen MR) is 460 cm³/mol. The third-order valence-electron chi connectivity index (χ3n) is 18.3. The molecule has 0 radical (unpaired) electrons. The molecule has 1 aromatic heterocycles. The van der Waals surface area contributed by atoms with Crippen molar-refractivity contribution in [2.45, 2.75) is 101 Å². The van der Waals surface area contributed by atoms with Gasteiger partial charge < -0.3 is 16.0 Å². The molecule has 0 saturated heterocycles. The van der Waals surface area contributed by atoms with Gasteiger partial charge in [0.05, 0.1) is 17.6 Å². The van der Waals surface area contributed by atoms with Gasteiger partial charge in [0.1, 0.15) is 0 Å². The average molecular weight is 1760 g/mol. The molecular formula is C102H104Hf2N5-5. The smallest absolute Gasteiger partial charge is 0.674 e. The van der Waals surface area contributed by atoms with Gasteiger partial charge in [0.2, 0.25) is 5.96 Å². The molecule has 1 unspecified atom stereocenters. The van der Waals surface area contributed by atoms with Crippen molar-refractivity contribution < 1.29 is 51.7 Å². The Morgan fingerprint density at radius 1 is 0.339 bits per heavy atom. The first kappa shape index (κ1) is 86.1. The van der Waals surface area contributed by atoms with Crippen LogP contribution in [0.1, 0.15) is 131 Å². The van der Waals surface area contributed by atoms with Gasteiger partial charge in [-0.15, -0.1) is 97.5 Å². The molecule has 550 valence electrons. The van der Waals surface area contributed by atoms with E-state index in [4.69, 9.17) is 15.6 Å². The number of hydrogen-bond donors (Lipinski definition) is 1. The topological polar surface area (TPSA) is 57.5 Å². The van der Waals surface area contributed by atoms with Gasteiger partial charge in [-0.05, 0) is 58.7 Å². The zero-order valence-corrected chi connectivity index (χ0v) is 70.4. The summed E-state index contributed by atoms with van der Waals surface area (Å²) in [6.07, 6.45) is 12.8. The van der Waals surface area contributed by atoms with Crippen LogP contribution >= 0.6 is 0 Å². The van der Waals surface area contributed by atoms with Crippen LogP contribution in [0.15, 0.2) is 375 Å². The van der Waals surface area contributed by atoms with Gasteiger partial charge in [-0.3, -0.25) is 4.57 Å². The van der Waals surface area contributed by atoms with E-state index in [1.807, 2.05) is 212 Å². The molecule has 3 aliphatic carbocycles. The number of fused-ring (bicyclic) bond motifs is 6. The van der Waals surface area contributed by atoms with E-state index in [0.29, 0.717) is 18.6 Å². The molecule has 3 aliphatic rings. The van der Waals surface area contributed by atoms with Crippen molar-refractivity contribution in [3.63, 3.8) is 0 Å². The molecule has 5 nitrogen and oxygen atoms in total. The molecule has 0 aliphatic heterocycles. The fourth-order valence-corrected chi connectivity index (χ4v) is 12.8. The van der Waals surface area contributed by atoms with Crippen LogP contribution in [0.4, 0.5) is 0 Å². The van der Waals surface area contributed by atoms with Gasteiger partial charge >= 0.3 is 25.8 Å². The Bertz CT molecular complexity index is 4220. The van der Waals surface area contributed by atoms with Gasteiger partial charge in [-0.2, -0.15) is 172 Å². The van der Waals surface area contributed by atoms with E-state index in [9.17, 15) is 0 Å². The third-order valence-corrected chi connectivity index (χ3v) is 18.3. The molecule has 1 atom stereocenters. The first-order valence-electron chi connectivity index (χ1n) is 37.6. The molecule has 0 spiro atoms. The second kappa shape index (κ2) is 49.8. The monoisotopic (exact) mass is 1760 g/mol. The second-order valence-corrected chi connectivity index (χ2v) is 26.7. The van der Waals surface area contributed by atoms with Crippen molar-refractivity contribution in [2.24, 2.45) is 4.99 Å². The second-order valence-electron chi connectivity index (χ2n) is 26.7. The summed E-state index contributed by atoms with van der Waals surface area (Å²) in [6, 6.07) is 126. The molecule has 0 bridgehead atoms. The van der Waals surface area contributed by atoms with Crippen molar-refractivity contribution >= 4 is 27.8 Å². The maximum Gasteiger partial charge on any atom is 4.00 e. The van der Waals surface area contributed by atoms with Gasteiger partial charge in [-0.25, -0.2) is 11.2 Å². The Morgan fingerprint density at radius 2 is 0.624 bits per heavy atom. The Kier molecular flexibility index (Phi) is 39.3. The van der Waals surface area contributed by atoms with Gasteiger partial charge in [0, 0.05) is 42.7 Å². The average Bonchev–Trinajstić information content (AvgIpc) is 1.61. The number of benzene rings is 13. The molecule has 1 N–H and O–H groups in total. The predicted octanol–water partition coefficient (Wildman–Crippen LogP) is 26.6. The summed E-state index contributed by atoms with van der Waals surface area (Å²) in [6.45, 7) is 27.4. The molecule has 1 heterocycles. The maximum atomic E-state index is 5.36.